The molecule has 2 aliphatic rings. The van der Waals surface area contributed by atoms with Crippen molar-refractivity contribution in [3.8, 4) is 0 Å². The molecule has 3 nitrogen and oxygen atoms in total. The first kappa shape index (κ1) is 18.0. The van der Waals surface area contributed by atoms with Crippen LogP contribution in [0.25, 0.3) is 0 Å². The first-order chi connectivity index (χ1) is 12.4. The summed E-state index contributed by atoms with van der Waals surface area (Å²) in [6, 6.07) is 11.4. The molecule has 2 aromatic carbocycles. The summed E-state index contributed by atoms with van der Waals surface area (Å²) in [6.07, 6.45) is 3.46. The van der Waals surface area contributed by atoms with E-state index in [-0.39, 0.29) is 11.3 Å². The molecule has 6 heteroatoms. The standard InChI is InChI=1S/C20H20Cl2N2OS/c1-20(5-6-20)13-9-14(21)11-15(10-13)23-19(25)17-12-16(3-4-18(17)22)24-7-2-8-26-24/h3-4,9-12H,2,5-8H2,1H3,(H,23,25). The first-order valence-electron chi connectivity index (χ1n) is 8.77. The molecular weight excluding hydrogens is 387 g/mol. The third-order valence-corrected chi connectivity index (χ3v) is 6.81. The largest absolute Gasteiger partial charge is 0.322 e. The zero-order valence-corrected chi connectivity index (χ0v) is 16.8. The molecule has 0 atom stereocenters. The Morgan fingerprint density at radius 3 is 2.69 bits per heavy atom. The highest BCUT2D eigenvalue weighted by atomic mass is 35.5. The Morgan fingerprint density at radius 2 is 2.00 bits per heavy atom. The van der Waals surface area contributed by atoms with Crippen molar-refractivity contribution in [3.63, 3.8) is 0 Å². The Labute approximate surface area is 168 Å². The lowest BCUT2D eigenvalue weighted by molar-refractivity contribution is 0.102. The number of hydrogen-bond donors (Lipinski definition) is 1. The van der Waals surface area contributed by atoms with Gasteiger partial charge in [0.25, 0.3) is 5.91 Å². The Hall–Kier alpha value is -1.36. The molecule has 1 saturated carbocycles. The van der Waals surface area contributed by atoms with Crippen LogP contribution in [0.5, 0.6) is 0 Å². The number of nitrogens with zero attached hydrogens (tertiary/aromatic N) is 1. The maximum atomic E-state index is 12.8. The molecule has 0 radical (unpaired) electrons. The van der Waals surface area contributed by atoms with Crippen molar-refractivity contribution in [1.82, 2.24) is 0 Å². The van der Waals surface area contributed by atoms with Crippen LogP contribution in [0.15, 0.2) is 36.4 Å². The minimum Gasteiger partial charge on any atom is -0.322 e. The van der Waals surface area contributed by atoms with Crippen LogP contribution in [0.4, 0.5) is 11.4 Å². The molecule has 1 N–H and O–H groups in total. The van der Waals surface area contributed by atoms with Crippen molar-refractivity contribution in [2.45, 2.75) is 31.6 Å². The van der Waals surface area contributed by atoms with Crippen molar-refractivity contribution in [1.29, 1.82) is 0 Å². The number of amides is 1. The molecule has 2 aromatic rings. The Kier molecular flexibility index (Phi) is 4.84. The summed E-state index contributed by atoms with van der Waals surface area (Å²) in [5.74, 6) is 0.893. The van der Waals surface area contributed by atoms with Crippen molar-refractivity contribution in [2.75, 3.05) is 21.9 Å². The van der Waals surface area contributed by atoms with Crippen LogP contribution in [-0.2, 0) is 5.41 Å². The molecule has 0 bridgehead atoms. The van der Waals surface area contributed by atoms with E-state index in [0.717, 1.165) is 37.2 Å². The summed E-state index contributed by atoms with van der Waals surface area (Å²) in [7, 11) is 0. The molecule has 136 valence electrons. The van der Waals surface area contributed by atoms with Crippen LogP contribution in [0.2, 0.25) is 10.0 Å². The highest BCUT2D eigenvalue weighted by Crippen LogP contribution is 2.48. The van der Waals surface area contributed by atoms with E-state index in [4.69, 9.17) is 23.2 Å². The lowest BCUT2D eigenvalue weighted by Crippen LogP contribution is -2.15. The molecule has 1 amide bonds. The van der Waals surface area contributed by atoms with E-state index in [0.29, 0.717) is 21.3 Å². The number of carbonyl (C=O) groups excluding carboxylic acids is 1. The fourth-order valence-corrected chi connectivity index (χ4v) is 4.62. The third kappa shape index (κ3) is 3.68. The van der Waals surface area contributed by atoms with Gasteiger partial charge in [0.15, 0.2) is 0 Å². The van der Waals surface area contributed by atoms with E-state index in [9.17, 15) is 4.79 Å². The molecule has 0 aromatic heterocycles. The minimum atomic E-state index is -0.213. The van der Waals surface area contributed by atoms with E-state index < -0.39 is 0 Å². The molecule has 4 rings (SSSR count). The number of rotatable bonds is 4. The minimum absolute atomic E-state index is 0.189. The SMILES string of the molecule is CC1(c2cc(Cl)cc(NC(=O)c3cc(N4CCCS4)ccc3Cl)c2)CC1. The highest BCUT2D eigenvalue weighted by molar-refractivity contribution is 8.00. The Bertz CT molecular complexity index is 861. The second-order valence-electron chi connectivity index (χ2n) is 7.20. The van der Waals surface area contributed by atoms with Gasteiger partial charge in [0, 0.05) is 28.7 Å². The van der Waals surface area contributed by atoms with Gasteiger partial charge in [0.2, 0.25) is 0 Å². The van der Waals surface area contributed by atoms with E-state index in [1.54, 1.807) is 24.1 Å². The Balaban J connectivity index is 1.58. The van der Waals surface area contributed by atoms with Crippen LogP contribution < -0.4 is 9.62 Å². The Morgan fingerprint density at radius 1 is 1.19 bits per heavy atom. The second kappa shape index (κ2) is 6.99. The lowest BCUT2D eigenvalue weighted by atomic mass is 9.98. The fourth-order valence-electron chi connectivity index (χ4n) is 3.18. The van der Waals surface area contributed by atoms with Gasteiger partial charge < -0.3 is 9.62 Å². The van der Waals surface area contributed by atoms with Gasteiger partial charge in [-0.1, -0.05) is 30.1 Å². The number of benzene rings is 2. The van der Waals surface area contributed by atoms with E-state index in [1.165, 1.54) is 5.56 Å². The molecule has 1 aliphatic carbocycles. The number of nitrogens with one attached hydrogen (secondary N) is 1. The summed E-state index contributed by atoms with van der Waals surface area (Å²) < 4.78 is 2.21. The summed E-state index contributed by atoms with van der Waals surface area (Å²) in [5, 5.41) is 4.05. The van der Waals surface area contributed by atoms with Crippen LogP contribution >= 0.6 is 35.1 Å². The molecular formula is C20H20Cl2N2OS. The monoisotopic (exact) mass is 406 g/mol. The molecule has 26 heavy (non-hydrogen) atoms. The van der Waals surface area contributed by atoms with Gasteiger partial charge in [0.1, 0.15) is 0 Å². The molecule has 2 fully saturated rings. The summed E-state index contributed by atoms with van der Waals surface area (Å²) >= 11 is 14.3. The van der Waals surface area contributed by atoms with E-state index >= 15 is 0 Å². The van der Waals surface area contributed by atoms with Gasteiger partial charge in [-0.3, -0.25) is 4.79 Å². The topological polar surface area (TPSA) is 32.3 Å². The van der Waals surface area contributed by atoms with Crippen LogP contribution in [-0.4, -0.2) is 18.2 Å². The van der Waals surface area contributed by atoms with Gasteiger partial charge >= 0.3 is 0 Å². The molecule has 1 aliphatic heterocycles. The molecule has 1 heterocycles. The zero-order chi connectivity index (χ0) is 18.3. The smallest absolute Gasteiger partial charge is 0.257 e. The lowest BCUT2D eigenvalue weighted by Gasteiger charge is -2.18. The van der Waals surface area contributed by atoms with Gasteiger partial charge in [-0.05, 0) is 78.6 Å². The average molecular weight is 407 g/mol. The van der Waals surface area contributed by atoms with Crippen molar-refractivity contribution in [2.24, 2.45) is 0 Å². The predicted octanol–water partition coefficient (Wildman–Crippen LogP) is 6.16. The zero-order valence-electron chi connectivity index (χ0n) is 14.5. The van der Waals surface area contributed by atoms with Gasteiger partial charge in [-0.2, -0.15) is 0 Å². The number of carbonyl (C=O) groups is 1. The molecule has 1 saturated heterocycles. The van der Waals surface area contributed by atoms with Crippen molar-refractivity contribution in [3.05, 3.63) is 57.6 Å². The summed E-state index contributed by atoms with van der Waals surface area (Å²) in [6.45, 7) is 3.21. The van der Waals surface area contributed by atoms with Crippen LogP contribution in [0.1, 0.15) is 42.1 Å². The number of anilines is 2. The van der Waals surface area contributed by atoms with Crippen molar-refractivity contribution < 1.29 is 4.79 Å². The maximum absolute atomic E-state index is 12.8. The molecule has 0 spiro atoms. The fraction of sp³-hybridized carbons (Fsp3) is 0.350. The van der Waals surface area contributed by atoms with Crippen molar-refractivity contribution >= 4 is 52.4 Å². The summed E-state index contributed by atoms with van der Waals surface area (Å²) in [4.78, 5) is 12.8. The first-order valence-corrected chi connectivity index (χ1v) is 10.5. The number of hydrogen-bond acceptors (Lipinski definition) is 3. The van der Waals surface area contributed by atoms with E-state index in [1.807, 2.05) is 24.3 Å². The summed E-state index contributed by atoms with van der Waals surface area (Å²) in [5.41, 5.74) is 3.57. The quantitative estimate of drug-likeness (QED) is 0.617. The van der Waals surface area contributed by atoms with Crippen LogP contribution in [0.3, 0.4) is 0 Å². The third-order valence-electron chi connectivity index (χ3n) is 5.09. The van der Waals surface area contributed by atoms with Gasteiger partial charge in [-0.25, -0.2) is 0 Å². The maximum Gasteiger partial charge on any atom is 0.257 e. The van der Waals surface area contributed by atoms with Gasteiger partial charge in [0.05, 0.1) is 10.6 Å². The van der Waals surface area contributed by atoms with Crippen LogP contribution in [0, 0.1) is 0 Å². The normalized spacial score (nSPS) is 18.0. The van der Waals surface area contributed by atoms with E-state index in [2.05, 4.69) is 16.5 Å². The van der Waals surface area contributed by atoms with Gasteiger partial charge in [-0.15, -0.1) is 0 Å². The highest BCUT2D eigenvalue weighted by Gasteiger charge is 2.39. The molecule has 0 unspecified atom stereocenters. The number of halogens is 2. The second-order valence-corrected chi connectivity index (χ2v) is 9.15. The average Bonchev–Trinajstić information content (AvgIpc) is 3.14. The predicted molar refractivity (Wildman–Crippen MR) is 112 cm³/mol.